The molecule has 1 heterocycles. The van der Waals surface area contributed by atoms with E-state index in [0.717, 1.165) is 39.1 Å². The van der Waals surface area contributed by atoms with Gasteiger partial charge in [-0.2, -0.15) is 0 Å². The van der Waals surface area contributed by atoms with E-state index in [9.17, 15) is 9.18 Å². The minimum atomic E-state index is -0.436. The van der Waals surface area contributed by atoms with Gasteiger partial charge in [0, 0.05) is 49.0 Å². The van der Waals surface area contributed by atoms with Crippen LogP contribution in [0.1, 0.15) is 17.5 Å². The monoisotopic (exact) mass is 403 g/mol. The summed E-state index contributed by atoms with van der Waals surface area (Å²) < 4.78 is 13.7. The van der Waals surface area contributed by atoms with Crippen LogP contribution in [0.5, 0.6) is 0 Å². The molecule has 2 aromatic rings. The minimum absolute atomic E-state index is 0.0271. The Bertz CT molecular complexity index is 786. The number of hydrogen-bond acceptors (Lipinski definition) is 3. The number of carbonyl (C=O) groups is 1. The lowest BCUT2D eigenvalue weighted by molar-refractivity contribution is -0.120. The minimum Gasteiger partial charge on any atom is -0.369 e. The fraction of sp³-hybridized carbons (Fsp3) is 0.409. The Morgan fingerprint density at radius 1 is 1.14 bits per heavy atom. The zero-order valence-electron chi connectivity index (χ0n) is 16.3. The highest BCUT2D eigenvalue weighted by Gasteiger charge is 2.17. The lowest BCUT2D eigenvalue weighted by Gasteiger charge is -2.36. The lowest BCUT2D eigenvalue weighted by atomic mass is 10.1. The molecule has 0 saturated carbocycles. The molecule has 1 aliphatic heterocycles. The lowest BCUT2D eigenvalue weighted by Crippen LogP contribution is -2.47. The van der Waals surface area contributed by atoms with Gasteiger partial charge in [-0.05, 0) is 49.7 Å². The van der Waals surface area contributed by atoms with Crippen molar-refractivity contribution in [2.45, 2.75) is 19.8 Å². The molecule has 6 heteroatoms. The number of benzene rings is 2. The predicted octanol–water partition coefficient (Wildman–Crippen LogP) is 3.66. The molecule has 150 valence electrons. The number of aryl methyl sites for hydroxylation is 1. The van der Waals surface area contributed by atoms with Crippen molar-refractivity contribution in [1.29, 1.82) is 0 Å². The number of amides is 1. The molecule has 0 atom stereocenters. The molecule has 0 aliphatic carbocycles. The van der Waals surface area contributed by atoms with E-state index in [1.165, 1.54) is 23.4 Å². The van der Waals surface area contributed by atoms with Crippen LogP contribution in [-0.4, -0.2) is 50.1 Å². The van der Waals surface area contributed by atoms with Crippen molar-refractivity contribution in [3.05, 3.63) is 64.4 Å². The Hall–Kier alpha value is -2.11. The average Bonchev–Trinajstić information content (AvgIpc) is 2.69. The second-order valence-electron chi connectivity index (χ2n) is 7.25. The first-order valence-corrected chi connectivity index (χ1v) is 10.1. The second kappa shape index (κ2) is 9.89. The van der Waals surface area contributed by atoms with Gasteiger partial charge in [0.25, 0.3) is 0 Å². The third-order valence-corrected chi connectivity index (χ3v) is 5.47. The summed E-state index contributed by atoms with van der Waals surface area (Å²) in [6.07, 6.45) is 0.849. The van der Waals surface area contributed by atoms with E-state index in [-0.39, 0.29) is 17.9 Å². The van der Waals surface area contributed by atoms with Gasteiger partial charge in [0.15, 0.2) is 0 Å². The SMILES string of the molecule is Cc1cccc(N2CCN(CCCNC(=O)Cc3c(F)cccc3Cl)CC2)c1. The smallest absolute Gasteiger partial charge is 0.224 e. The number of hydrogen-bond donors (Lipinski definition) is 1. The number of nitrogens with zero attached hydrogens (tertiary/aromatic N) is 2. The highest BCUT2D eigenvalue weighted by Crippen LogP contribution is 2.19. The van der Waals surface area contributed by atoms with Gasteiger partial charge in [-0.25, -0.2) is 4.39 Å². The average molecular weight is 404 g/mol. The fourth-order valence-corrected chi connectivity index (χ4v) is 3.74. The fourth-order valence-electron chi connectivity index (χ4n) is 3.51. The van der Waals surface area contributed by atoms with Crippen LogP contribution in [0, 0.1) is 12.7 Å². The number of carbonyl (C=O) groups excluding carboxylic acids is 1. The molecular weight excluding hydrogens is 377 g/mol. The maximum atomic E-state index is 13.7. The van der Waals surface area contributed by atoms with Gasteiger partial charge in [-0.3, -0.25) is 9.69 Å². The molecule has 1 saturated heterocycles. The quantitative estimate of drug-likeness (QED) is 0.716. The van der Waals surface area contributed by atoms with Crippen molar-refractivity contribution in [1.82, 2.24) is 10.2 Å². The molecule has 0 aromatic heterocycles. The third-order valence-electron chi connectivity index (χ3n) is 5.11. The first-order valence-electron chi connectivity index (χ1n) is 9.76. The van der Waals surface area contributed by atoms with Crippen LogP contribution in [0.25, 0.3) is 0 Å². The maximum Gasteiger partial charge on any atom is 0.224 e. The van der Waals surface area contributed by atoms with E-state index in [2.05, 4.69) is 46.3 Å². The van der Waals surface area contributed by atoms with Crippen molar-refractivity contribution in [2.24, 2.45) is 0 Å². The topological polar surface area (TPSA) is 35.6 Å². The molecule has 1 fully saturated rings. The molecule has 0 unspecified atom stereocenters. The zero-order valence-corrected chi connectivity index (χ0v) is 17.0. The summed E-state index contributed by atoms with van der Waals surface area (Å²) in [6, 6.07) is 13.1. The van der Waals surface area contributed by atoms with Crippen molar-refractivity contribution >= 4 is 23.2 Å². The summed E-state index contributed by atoms with van der Waals surface area (Å²) in [5.74, 6) is -0.634. The molecule has 0 bridgehead atoms. The van der Waals surface area contributed by atoms with E-state index in [1.807, 2.05) is 0 Å². The molecule has 1 aliphatic rings. The first kappa shape index (κ1) is 20.6. The first-order chi connectivity index (χ1) is 13.5. The molecule has 4 nitrogen and oxygen atoms in total. The van der Waals surface area contributed by atoms with E-state index in [0.29, 0.717) is 11.6 Å². The van der Waals surface area contributed by atoms with Gasteiger partial charge in [-0.15, -0.1) is 0 Å². The van der Waals surface area contributed by atoms with E-state index in [1.54, 1.807) is 6.07 Å². The highest BCUT2D eigenvalue weighted by atomic mass is 35.5. The van der Waals surface area contributed by atoms with Gasteiger partial charge in [0.2, 0.25) is 5.91 Å². The highest BCUT2D eigenvalue weighted by molar-refractivity contribution is 6.31. The molecule has 1 amide bonds. The predicted molar refractivity (Wildman–Crippen MR) is 113 cm³/mol. The number of nitrogens with one attached hydrogen (secondary N) is 1. The third kappa shape index (κ3) is 5.69. The summed E-state index contributed by atoms with van der Waals surface area (Å²) >= 11 is 5.97. The van der Waals surface area contributed by atoms with Gasteiger partial charge >= 0.3 is 0 Å². The van der Waals surface area contributed by atoms with Gasteiger partial charge in [-0.1, -0.05) is 29.8 Å². The van der Waals surface area contributed by atoms with E-state index >= 15 is 0 Å². The molecule has 1 N–H and O–H groups in total. The molecule has 2 aromatic carbocycles. The standard InChI is InChI=1S/C22H27ClFN3O/c1-17-5-2-6-18(15-17)27-13-11-26(12-14-27)10-4-9-25-22(28)16-19-20(23)7-3-8-21(19)24/h2-3,5-8,15H,4,9-14,16H2,1H3,(H,25,28). The summed E-state index contributed by atoms with van der Waals surface area (Å²) in [4.78, 5) is 16.9. The Morgan fingerprint density at radius 2 is 1.89 bits per heavy atom. The number of halogens is 2. The normalized spacial score (nSPS) is 14.9. The van der Waals surface area contributed by atoms with Crippen molar-refractivity contribution in [2.75, 3.05) is 44.2 Å². The second-order valence-corrected chi connectivity index (χ2v) is 7.66. The summed E-state index contributed by atoms with van der Waals surface area (Å²) in [7, 11) is 0. The summed E-state index contributed by atoms with van der Waals surface area (Å²) in [5, 5.41) is 3.16. The molecule has 3 rings (SSSR count). The van der Waals surface area contributed by atoms with Gasteiger partial charge in [0.1, 0.15) is 5.82 Å². The van der Waals surface area contributed by atoms with E-state index < -0.39 is 5.82 Å². The van der Waals surface area contributed by atoms with Crippen molar-refractivity contribution in [3.8, 4) is 0 Å². The van der Waals surface area contributed by atoms with Crippen LogP contribution in [0.2, 0.25) is 5.02 Å². The van der Waals surface area contributed by atoms with Crippen LogP contribution in [0.3, 0.4) is 0 Å². The number of anilines is 1. The Kier molecular flexibility index (Phi) is 7.29. The van der Waals surface area contributed by atoms with Crippen LogP contribution in [-0.2, 0) is 11.2 Å². The molecule has 0 spiro atoms. The van der Waals surface area contributed by atoms with Gasteiger partial charge < -0.3 is 10.2 Å². The molecule has 28 heavy (non-hydrogen) atoms. The van der Waals surface area contributed by atoms with Crippen LogP contribution >= 0.6 is 11.6 Å². The summed E-state index contributed by atoms with van der Waals surface area (Å²) in [6.45, 7) is 7.72. The van der Waals surface area contributed by atoms with Gasteiger partial charge in [0.05, 0.1) is 6.42 Å². The zero-order chi connectivity index (χ0) is 19.9. The van der Waals surface area contributed by atoms with Crippen molar-refractivity contribution in [3.63, 3.8) is 0 Å². The Labute approximate surface area is 171 Å². The number of piperazine rings is 1. The van der Waals surface area contributed by atoms with Crippen LogP contribution < -0.4 is 10.2 Å². The molecular formula is C22H27ClFN3O. The van der Waals surface area contributed by atoms with Crippen LogP contribution in [0.15, 0.2) is 42.5 Å². The summed E-state index contributed by atoms with van der Waals surface area (Å²) in [5.41, 5.74) is 2.83. The maximum absolute atomic E-state index is 13.7. The molecule has 0 radical (unpaired) electrons. The van der Waals surface area contributed by atoms with Crippen LogP contribution in [0.4, 0.5) is 10.1 Å². The Morgan fingerprint density at radius 3 is 2.61 bits per heavy atom. The number of rotatable bonds is 7. The largest absolute Gasteiger partial charge is 0.369 e. The van der Waals surface area contributed by atoms with Crippen molar-refractivity contribution < 1.29 is 9.18 Å². The van der Waals surface area contributed by atoms with E-state index in [4.69, 9.17) is 11.6 Å². The Balaban J connectivity index is 1.34.